The van der Waals surface area contributed by atoms with Gasteiger partial charge in [0.05, 0.1) is 35.8 Å². The van der Waals surface area contributed by atoms with Gasteiger partial charge in [-0.3, -0.25) is 0 Å². The number of rotatable bonds is 2. The second-order valence-electron chi connectivity index (χ2n) is 3.31. The zero-order chi connectivity index (χ0) is 12.4. The van der Waals surface area contributed by atoms with Gasteiger partial charge in [-0.25, -0.2) is 9.97 Å². The molecule has 1 aromatic heterocycles. The van der Waals surface area contributed by atoms with Crippen LogP contribution in [-0.4, -0.2) is 17.1 Å². The first-order valence-electron chi connectivity index (χ1n) is 4.72. The minimum Gasteiger partial charge on any atom is -0.494 e. The highest BCUT2D eigenvalue weighted by Crippen LogP contribution is 2.37. The number of nitrogens with two attached hydrogens (primary N) is 1. The highest BCUT2D eigenvalue weighted by molar-refractivity contribution is 6.36. The molecule has 0 amide bonds. The summed E-state index contributed by atoms with van der Waals surface area (Å²) in [5.41, 5.74) is 6.64. The lowest BCUT2D eigenvalue weighted by molar-refractivity contribution is 0.416. The quantitative estimate of drug-likeness (QED) is 0.911. The maximum absolute atomic E-state index is 6.03. The van der Waals surface area contributed by atoms with Crippen LogP contribution in [0.4, 0.5) is 5.69 Å². The average molecular weight is 270 g/mol. The molecular weight excluding hydrogens is 261 g/mol. The Morgan fingerprint density at radius 2 is 1.82 bits per heavy atom. The Labute approximate surface area is 108 Å². The monoisotopic (exact) mass is 269 g/mol. The van der Waals surface area contributed by atoms with E-state index in [1.165, 1.54) is 19.5 Å². The van der Waals surface area contributed by atoms with E-state index in [0.717, 1.165) is 0 Å². The van der Waals surface area contributed by atoms with E-state index in [0.29, 0.717) is 32.9 Å². The summed E-state index contributed by atoms with van der Waals surface area (Å²) >= 11 is 12.0. The van der Waals surface area contributed by atoms with Crippen molar-refractivity contribution in [3.63, 3.8) is 0 Å². The number of methoxy groups -OCH3 is 1. The number of ether oxygens (including phenoxy) is 1. The van der Waals surface area contributed by atoms with E-state index < -0.39 is 0 Å². The van der Waals surface area contributed by atoms with Crippen LogP contribution in [0.5, 0.6) is 5.75 Å². The van der Waals surface area contributed by atoms with Crippen molar-refractivity contribution >= 4 is 28.9 Å². The Bertz CT molecular complexity index is 543. The molecule has 2 aromatic rings. The average Bonchev–Trinajstić information content (AvgIpc) is 2.29. The number of nitrogens with zero attached hydrogens (tertiary/aromatic N) is 2. The predicted octanol–water partition coefficient (Wildman–Crippen LogP) is 3.04. The molecule has 0 spiro atoms. The summed E-state index contributed by atoms with van der Waals surface area (Å²) in [4.78, 5) is 8.21. The molecule has 0 unspecified atom stereocenters. The molecule has 0 aliphatic carbocycles. The van der Waals surface area contributed by atoms with Gasteiger partial charge in [-0.1, -0.05) is 23.2 Å². The molecule has 0 aliphatic rings. The first-order chi connectivity index (χ1) is 8.11. The Morgan fingerprint density at radius 1 is 1.18 bits per heavy atom. The van der Waals surface area contributed by atoms with Crippen molar-refractivity contribution < 1.29 is 4.74 Å². The summed E-state index contributed by atoms with van der Waals surface area (Å²) in [6.45, 7) is 0. The summed E-state index contributed by atoms with van der Waals surface area (Å²) < 4.78 is 5.21. The van der Waals surface area contributed by atoms with Crippen LogP contribution in [0.1, 0.15) is 0 Å². The van der Waals surface area contributed by atoms with Crippen molar-refractivity contribution in [1.82, 2.24) is 9.97 Å². The summed E-state index contributed by atoms with van der Waals surface area (Å²) in [5, 5.41) is 0.904. The summed E-state index contributed by atoms with van der Waals surface area (Å²) in [7, 11) is 1.52. The minimum absolute atomic E-state index is 0.412. The molecule has 6 heteroatoms. The highest BCUT2D eigenvalue weighted by atomic mass is 35.5. The van der Waals surface area contributed by atoms with Gasteiger partial charge in [0.25, 0.3) is 0 Å². The second kappa shape index (κ2) is 4.77. The third-order valence-electron chi connectivity index (χ3n) is 2.13. The van der Waals surface area contributed by atoms with E-state index in [2.05, 4.69) is 9.97 Å². The van der Waals surface area contributed by atoms with Gasteiger partial charge in [0.15, 0.2) is 5.82 Å². The SMILES string of the molecule is COc1c(Cl)cc(Cl)cc1-c1ncc(N)cn1. The molecular formula is C11H9Cl2N3O. The number of aromatic nitrogens is 2. The highest BCUT2D eigenvalue weighted by Gasteiger charge is 2.13. The molecule has 1 heterocycles. The minimum atomic E-state index is 0.412. The van der Waals surface area contributed by atoms with Crippen molar-refractivity contribution in [3.8, 4) is 17.1 Å². The van der Waals surface area contributed by atoms with E-state index in [9.17, 15) is 0 Å². The van der Waals surface area contributed by atoms with Crippen molar-refractivity contribution in [3.05, 3.63) is 34.6 Å². The molecule has 0 saturated carbocycles. The zero-order valence-electron chi connectivity index (χ0n) is 8.95. The van der Waals surface area contributed by atoms with Crippen molar-refractivity contribution in [2.45, 2.75) is 0 Å². The molecule has 0 radical (unpaired) electrons. The van der Waals surface area contributed by atoms with Crippen LogP contribution in [0, 0.1) is 0 Å². The van der Waals surface area contributed by atoms with Gasteiger partial charge in [-0.15, -0.1) is 0 Å². The fourth-order valence-electron chi connectivity index (χ4n) is 1.41. The van der Waals surface area contributed by atoms with E-state index in [4.69, 9.17) is 33.7 Å². The molecule has 88 valence electrons. The van der Waals surface area contributed by atoms with Crippen molar-refractivity contribution in [1.29, 1.82) is 0 Å². The van der Waals surface area contributed by atoms with Gasteiger partial charge in [0, 0.05) is 5.02 Å². The van der Waals surface area contributed by atoms with Gasteiger partial charge < -0.3 is 10.5 Å². The summed E-state index contributed by atoms with van der Waals surface area (Å²) in [6, 6.07) is 3.29. The van der Waals surface area contributed by atoms with E-state index in [-0.39, 0.29) is 0 Å². The Kier molecular flexibility index (Phi) is 3.36. The first kappa shape index (κ1) is 12.0. The number of halogens is 2. The lowest BCUT2D eigenvalue weighted by Crippen LogP contribution is -1.95. The lowest BCUT2D eigenvalue weighted by Gasteiger charge is -2.09. The number of anilines is 1. The van der Waals surface area contributed by atoms with Crippen molar-refractivity contribution in [2.75, 3.05) is 12.8 Å². The second-order valence-corrected chi connectivity index (χ2v) is 4.15. The fourth-order valence-corrected chi connectivity index (χ4v) is 1.98. The summed E-state index contributed by atoms with van der Waals surface area (Å²) in [6.07, 6.45) is 3.02. The number of benzene rings is 1. The summed E-state index contributed by atoms with van der Waals surface area (Å²) in [5.74, 6) is 0.946. The Morgan fingerprint density at radius 3 is 2.41 bits per heavy atom. The van der Waals surface area contributed by atoms with Crippen LogP contribution in [0.2, 0.25) is 10.0 Å². The molecule has 0 atom stereocenters. The molecule has 17 heavy (non-hydrogen) atoms. The van der Waals surface area contributed by atoms with E-state index in [1.54, 1.807) is 12.1 Å². The molecule has 4 nitrogen and oxygen atoms in total. The molecule has 0 fully saturated rings. The van der Waals surface area contributed by atoms with Crippen LogP contribution >= 0.6 is 23.2 Å². The maximum Gasteiger partial charge on any atom is 0.163 e. The third-order valence-corrected chi connectivity index (χ3v) is 2.62. The van der Waals surface area contributed by atoms with E-state index in [1.807, 2.05) is 0 Å². The zero-order valence-corrected chi connectivity index (χ0v) is 10.5. The molecule has 2 N–H and O–H groups in total. The molecule has 0 aliphatic heterocycles. The lowest BCUT2D eigenvalue weighted by atomic mass is 10.2. The van der Waals surface area contributed by atoms with Crippen LogP contribution in [0.15, 0.2) is 24.5 Å². The third kappa shape index (κ3) is 2.43. The van der Waals surface area contributed by atoms with Gasteiger partial charge in [-0.2, -0.15) is 0 Å². The Hall–Kier alpha value is -1.52. The predicted molar refractivity (Wildman–Crippen MR) is 68.5 cm³/mol. The van der Waals surface area contributed by atoms with E-state index >= 15 is 0 Å². The number of nitrogen functional groups attached to an aromatic ring is 1. The molecule has 2 rings (SSSR count). The van der Waals surface area contributed by atoms with Gasteiger partial charge in [-0.05, 0) is 12.1 Å². The standard InChI is InChI=1S/C11H9Cl2N3O/c1-17-10-8(2-6(12)3-9(10)13)11-15-4-7(14)5-16-11/h2-5H,14H2,1H3. The van der Waals surface area contributed by atoms with Gasteiger partial charge in [0.1, 0.15) is 5.75 Å². The first-order valence-corrected chi connectivity index (χ1v) is 5.48. The Balaban J connectivity index is 2.61. The smallest absolute Gasteiger partial charge is 0.163 e. The van der Waals surface area contributed by atoms with Crippen LogP contribution < -0.4 is 10.5 Å². The largest absolute Gasteiger partial charge is 0.494 e. The van der Waals surface area contributed by atoms with Gasteiger partial charge in [0.2, 0.25) is 0 Å². The van der Waals surface area contributed by atoms with Crippen LogP contribution in [-0.2, 0) is 0 Å². The number of hydrogen-bond donors (Lipinski definition) is 1. The normalized spacial score (nSPS) is 10.3. The van der Waals surface area contributed by atoms with Gasteiger partial charge >= 0.3 is 0 Å². The topological polar surface area (TPSA) is 61.0 Å². The fraction of sp³-hybridized carbons (Fsp3) is 0.0909. The van der Waals surface area contributed by atoms with Crippen LogP contribution in [0.25, 0.3) is 11.4 Å². The van der Waals surface area contributed by atoms with Crippen LogP contribution in [0.3, 0.4) is 0 Å². The number of hydrogen-bond acceptors (Lipinski definition) is 4. The molecule has 0 bridgehead atoms. The maximum atomic E-state index is 6.03. The molecule has 0 saturated heterocycles. The molecule has 1 aromatic carbocycles. The van der Waals surface area contributed by atoms with Crippen molar-refractivity contribution in [2.24, 2.45) is 0 Å².